The molecule has 1 aromatic heterocycles. The summed E-state index contributed by atoms with van der Waals surface area (Å²) < 4.78 is 6.75. The van der Waals surface area contributed by atoms with E-state index in [-0.39, 0.29) is 0 Å². The van der Waals surface area contributed by atoms with Gasteiger partial charge < -0.3 is 10.1 Å². The second-order valence-electron chi connectivity index (χ2n) is 5.27. The molecule has 1 N–H and O–H groups in total. The third-order valence-corrected chi connectivity index (χ3v) is 4.29. The third-order valence-electron chi connectivity index (χ3n) is 3.33. The van der Waals surface area contributed by atoms with E-state index in [1.54, 1.807) is 6.07 Å². The number of pyridine rings is 1. The zero-order valence-corrected chi connectivity index (χ0v) is 14.0. The molecule has 0 amide bonds. The molecule has 3 rings (SSSR count). The molecule has 0 bridgehead atoms. The number of ether oxygens (including phenoxy) is 1. The molecule has 1 saturated carbocycles. The van der Waals surface area contributed by atoms with E-state index in [1.165, 1.54) is 18.4 Å². The zero-order valence-electron chi connectivity index (χ0n) is 11.7. The summed E-state index contributed by atoms with van der Waals surface area (Å²) in [5, 5.41) is 4.08. The van der Waals surface area contributed by atoms with Gasteiger partial charge in [-0.05, 0) is 59.5 Å². The van der Waals surface area contributed by atoms with E-state index >= 15 is 0 Å². The van der Waals surface area contributed by atoms with E-state index in [0.717, 1.165) is 15.9 Å². The van der Waals surface area contributed by atoms with Gasteiger partial charge in [-0.25, -0.2) is 4.98 Å². The Morgan fingerprint density at radius 1 is 1.33 bits per heavy atom. The summed E-state index contributed by atoms with van der Waals surface area (Å²) in [6.07, 6.45) is 2.48. The van der Waals surface area contributed by atoms with Crippen molar-refractivity contribution in [1.82, 2.24) is 10.3 Å². The van der Waals surface area contributed by atoms with E-state index in [1.807, 2.05) is 31.2 Å². The Kier molecular flexibility index (Phi) is 4.48. The molecule has 21 heavy (non-hydrogen) atoms. The van der Waals surface area contributed by atoms with Crippen LogP contribution >= 0.6 is 27.5 Å². The standard InChI is InChI=1S/C16H16BrClN2O/c1-10-2-6-15(12(17)8-10)21-16-7-5-13(18)14(20-16)9-19-11-3-4-11/h2,5-8,11,19H,3-4,9H2,1H3. The van der Waals surface area contributed by atoms with Crippen LogP contribution in [-0.2, 0) is 6.54 Å². The average molecular weight is 368 g/mol. The van der Waals surface area contributed by atoms with Gasteiger partial charge in [0.2, 0.25) is 5.88 Å². The molecular weight excluding hydrogens is 352 g/mol. The molecule has 3 nitrogen and oxygen atoms in total. The highest BCUT2D eigenvalue weighted by Crippen LogP contribution is 2.30. The van der Waals surface area contributed by atoms with Gasteiger partial charge >= 0.3 is 0 Å². The van der Waals surface area contributed by atoms with Gasteiger partial charge in [-0.2, -0.15) is 0 Å². The van der Waals surface area contributed by atoms with Crippen LogP contribution in [0.2, 0.25) is 5.02 Å². The Morgan fingerprint density at radius 3 is 2.86 bits per heavy atom. The van der Waals surface area contributed by atoms with E-state index in [2.05, 4.69) is 26.2 Å². The molecule has 0 saturated heterocycles. The minimum Gasteiger partial charge on any atom is -0.438 e. The number of nitrogens with zero attached hydrogens (tertiary/aromatic N) is 1. The van der Waals surface area contributed by atoms with Crippen molar-refractivity contribution in [2.45, 2.75) is 32.4 Å². The first-order chi connectivity index (χ1) is 10.1. The average Bonchev–Trinajstić information content (AvgIpc) is 3.26. The zero-order chi connectivity index (χ0) is 14.8. The highest BCUT2D eigenvalue weighted by Gasteiger charge is 2.20. The van der Waals surface area contributed by atoms with Crippen molar-refractivity contribution in [3.05, 3.63) is 51.1 Å². The number of aryl methyl sites for hydroxylation is 1. The van der Waals surface area contributed by atoms with Crippen LogP contribution in [0.15, 0.2) is 34.8 Å². The molecule has 1 aromatic carbocycles. The largest absolute Gasteiger partial charge is 0.438 e. The number of hydrogen-bond donors (Lipinski definition) is 1. The van der Waals surface area contributed by atoms with E-state index in [0.29, 0.717) is 23.5 Å². The Hall–Kier alpha value is -1.10. The summed E-state index contributed by atoms with van der Waals surface area (Å²) in [7, 11) is 0. The Bertz CT molecular complexity index is 659. The summed E-state index contributed by atoms with van der Waals surface area (Å²) in [5.74, 6) is 1.30. The first-order valence-corrected chi connectivity index (χ1v) is 8.12. The number of halogens is 2. The van der Waals surface area contributed by atoms with Gasteiger partial charge in [-0.3, -0.25) is 0 Å². The Labute approximate surface area is 137 Å². The van der Waals surface area contributed by atoms with Crippen molar-refractivity contribution >= 4 is 27.5 Å². The number of rotatable bonds is 5. The molecule has 0 aliphatic heterocycles. The minimum atomic E-state index is 0.552. The van der Waals surface area contributed by atoms with Crippen molar-refractivity contribution in [1.29, 1.82) is 0 Å². The molecule has 1 aliphatic rings. The molecule has 0 atom stereocenters. The number of aromatic nitrogens is 1. The summed E-state index contributed by atoms with van der Waals surface area (Å²) in [4.78, 5) is 4.49. The second kappa shape index (κ2) is 6.34. The topological polar surface area (TPSA) is 34.1 Å². The van der Waals surface area contributed by atoms with Crippen LogP contribution in [0.4, 0.5) is 0 Å². The van der Waals surface area contributed by atoms with E-state index in [4.69, 9.17) is 16.3 Å². The lowest BCUT2D eigenvalue weighted by molar-refractivity contribution is 0.456. The molecule has 110 valence electrons. The van der Waals surface area contributed by atoms with Crippen LogP contribution in [-0.4, -0.2) is 11.0 Å². The second-order valence-corrected chi connectivity index (χ2v) is 6.53. The number of nitrogens with one attached hydrogen (secondary N) is 1. The molecule has 2 aromatic rings. The van der Waals surface area contributed by atoms with Crippen LogP contribution in [0.3, 0.4) is 0 Å². The van der Waals surface area contributed by atoms with Crippen molar-refractivity contribution in [3.8, 4) is 11.6 Å². The van der Waals surface area contributed by atoms with Gasteiger partial charge in [0.25, 0.3) is 0 Å². The summed E-state index contributed by atoms with van der Waals surface area (Å²) in [6, 6.07) is 10.2. The predicted octanol–water partition coefficient (Wildman–Crippen LogP) is 4.85. The predicted molar refractivity (Wildman–Crippen MR) is 88.1 cm³/mol. The fourth-order valence-electron chi connectivity index (χ4n) is 1.97. The molecular formula is C16H16BrClN2O. The van der Waals surface area contributed by atoms with Crippen molar-refractivity contribution < 1.29 is 4.74 Å². The fourth-order valence-corrected chi connectivity index (χ4v) is 2.72. The fraction of sp³-hybridized carbons (Fsp3) is 0.312. The van der Waals surface area contributed by atoms with Crippen LogP contribution < -0.4 is 10.1 Å². The van der Waals surface area contributed by atoms with Crippen molar-refractivity contribution in [2.75, 3.05) is 0 Å². The summed E-state index contributed by atoms with van der Waals surface area (Å²) in [5.41, 5.74) is 2.00. The molecule has 0 spiro atoms. The molecule has 1 fully saturated rings. The van der Waals surface area contributed by atoms with Crippen LogP contribution in [0.25, 0.3) is 0 Å². The normalized spacial score (nSPS) is 14.2. The summed E-state index contributed by atoms with van der Waals surface area (Å²) in [6.45, 7) is 2.71. The highest BCUT2D eigenvalue weighted by molar-refractivity contribution is 9.10. The monoisotopic (exact) mass is 366 g/mol. The smallest absolute Gasteiger partial charge is 0.219 e. The van der Waals surface area contributed by atoms with Crippen LogP contribution in [0, 0.1) is 6.92 Å². The van der Waals surface area contributed by atoms with Crippen molar-refractivity contribution in [3.63, 3.8) is 0 Å². The quantitative estimate of drug-likeness (QED) is 0.820. The SMILES string of the molecule is Cc1ccc(Oc2ccc(Cl)c(CNC3CC3)n2)c(Br)c1. The molecule has 0 unspecified atom stereocenters. The van der Waals surface area contributed by atoms with E-state index < -0.39 is 0 Å². The lowest BCUT2D eigenvalue weighted by Crippen LogP contribution is -2.16. The van der Waals surface area contributed by atoms with Gasteiger partial charge in [-0.15, -0.1) is 0 Å². The highest BCUT2D eigenvalue weighted by atomic mass is 79.9. The van der Waals surface area contributed by atoms with Crippen LogP contribution in [0.5, 0.6) is 11.6 Å². The lowest BCUT2D eigenvalue weighted by atomic mass is 10.2. The van der Waals surface area contributed by atoms with Crippen molar-refractivity contribution in [2.24, 2.45) is 0 Å². The summed E-state index contributed by atoms with van der Waals surface area (Å²) >= 11 is 9.69. The van der Waals surface area contributed by atoms with E-state index in [9.17, 15) is 0 Å². The molecule has 1 aliphatic carbocycles. The Morgan fingerprint density at radius 2 is 2.14 bits per heavy atom. The third kappa shape index (κ3) is 3.96. The maximum absolute atomic E-state index is 6.19. The van der Waals surface area contributed by atoms with Gasteiger partial charge in [0.15, 0.2) is 0 Å². The molecule has 0 radical (unpaired) electrons. The van der Waals surface area contributed by atoms with Gasteiger partial charge in [0, 0.05) is 18.7 Å². The van der Waals surface area contributed by atoms with Gasteiger partial charge in [-0.1, -0.05) is 17.7 Å². The molecule has 5 heteroatoms. The Balaban J connectivity index is 1.76. The maximum Gasteiger partial charge on any atom is 0.219 e. The lowest BCUT2D eigenvalue weighted by Gasteiger charge is -2.10. The van der Waals surface area contributed by atoms with Gasteiger partial charge in [0.1, 0.15) is 5.75 Å². The first kappa shape index (κ1) is 14.8. The number of hydrogen-bond acceptors (Lipinski definition) is 3. The molecule has 1 heterocycles. The number of benzene rings is 1. The van der Waals surface area contributed by atoms with Gasteiger partial charge in [0.05, 0.1) is 15.2 Å². The maximum atomic E-state index is 6.19. The van der Waals surface area contributed by atoms with Crippen LogP contribution in [0.1, 0.15) is 24.1 Å². The first-order valence-electron chi connectivity index (χ1n) is 6.94. The minimum absolute atomic E-state index is 0.552.